The maximum atomic E-state index is 13.0. The Kier molecular flexibility index (Phi) is 6.74. The maximum Gasteiger partial charge on any atom is 0.257 e. The fourth-order valence-electron chi connectivity index (χ4n) is 4.50. The number of amides is 2. The second-order valence-corrected chi connectivity index (χ2v) is 8.81. The number of benzene rings is 1. The maximum absolute atomic E-state index is 13.0. The minimum absolute atomic E-state index is 0.0876. The molecule has 0 aliphatic carbocycles. The van der Waals surface area contributed by atoms with E-state index in [0.29, 0.717) is 45.0 Å². The van der Waals surface area contributed by atoms with Crippen LogP contribution in [0.1, 0.15) is 58.8 Å². The molecule has 32 heavy (non-hydrogen) atoms. The van der Waals surface area contributed by atoms with Gasteiger partial charge in [0.1, 0.15) is 5.82 Å². The zero-order chi connectivity index (χ0) is 22.7. The molecule has 0 radical (unpaired) electrons. The minimum atomic E-state index is -0.147. The number of aryl methyl sites for hydroxylation is 1. The van der Waals surface area contributed by atoms with E-state index in [9.17, 15) is 9.59 Å². The summed E-state index contributed by atoms with van der Waals surface area (Å²) in [5.41, 5.74) is 9.77. The number of likely N-dealkylation sites (tertiary alicyclic amines) is 1. The van der Waals surface area contributed by atoms with Crippen LogP contribution in [0, 0.1) is 6.92 Å². The Hall–Kier alpha value is -2.93. The lowest BCUT2D eigenvalue weighted by Gasteiger charge is -2.33. The Bertz CT molecular complexity index is 962. The minimum Gasteiger partial charge on any atom is -0.383 e. The number of anilines is 1. The molecule has 2 aliphatic rings. The summed E-state index contributed by atoms with van der Waals surface area (Å²) in [4.78, 5) is 34.0. The number of aromatic nitrogens is 1. The summed E-state index contributed by atoms with van der Waals surface area (Å²) in [6.45, 7) is 7.69. The summed E-state index contributed by atoms with van der Waals surface area (Å²) in [5.74, 6) is 0.460. The summed E-state index contributed by atoms with van der Waals surface area (Å²) < 4.78 is 5.32. The lowest BCUT2D eigenvalue weighted by molar-refractivity contribution is -0.133. The van der Waals surface area contributed by atoms with Crippen LogP contribution in [-0.4, -0.2) is 66.0 Å². The molecule has 7 heteroatoms. The number of carbonyl (C=O) groups excluding carboxylic acids is 2. The van der Waals surface area contributed by atoms with Gasteiger partial charge in [-0.2, -0.15) is 0 Å². The van der Waals surface area contributed by atoms with Gasteiger partial charge < -0.3 is 20.3 Å². The van der Waals surface area contributed by atoms with E-state index in [1.807, 2.05) is 36.9 Å². The number of morpholine rings is 1. The van der Waals surface area contributed by atoms with Gasteiger partial charge in [0.2, 0.25) is 5.91 Å². The number of piperidine rings is 1. The molecule has 1 aromatic carbocycles. The van der Waals surface area contributed by atoms with E-state index in [-0.39, 0.29) is 29.5 Å². The van der Waals surface area contributed by atoms with Gasteiger partial charge >= 0.3 is 0 Å². The molecule has 2 N–H and O–H groups in total. The van der Waals surface area contributed by atoms with Crippen molar-refractivity contribution in [2.24, 2.45) is 0 Å². The van der Waals surface area contributed by atoms with Crippen molar-refractivity contribution >= 4 is 17.6 Å². The summed E-state index contributed by atoms with van der Waals surface area (Å²) in [6.07, 6.45) is 1.69. The fourth-order valence-corrected chi connectivity index (χ4v) is 4.50. The van der Waals surface area contributed by atoms with Gasteiger partial charge in [0.15, 0.2) is 0 Å². The van der Waals surface area contributed by atoms with Gasteiger partial charge in [-0.05, 0) is 44.4 Å². The average Bonchev–Trinajstić information content (AvgIpc) is 2.84. The second-order valence-electron chi connectivity index (χ2n) is 8.81. The predicted molar refractivity (Wildman–Crippen MR) is 124 cm³/mol. The number of nitrogens with zero attached hydrogens (tertiary/aromatic N) is 3. The van der Waals surface area contributed by atoms with E-state index in [2.05, 4.69) is 17.1 Å². The quantitative estimate of drug-likeness (QED) is 0.796. The first-order valence-electron chi connectivity index (χ1n) is 11.4. The Balaban J connectivity index is 1.36. The van der Waals surface area contributed by atoms with Crippen LogP contribution in [0.15, 0.2) is 36.4 Å². The number of pyridine rings is 1. The third kappa shape index (κ3) is 4.78. The van der Waals surface area contributed by atoms with Crippen molar-refractivity contribution in [3.8, 4) is 0 Å². The molecule has 3 heterocycles. The van der Waals surface area contributed by atoms with Crippen LogP contribution < -0.4 is 5.73 Å². The monoisotopic (exact) mass is 436 g/mol. The largest absolute Gasteiger partial charge is 0.383 e. The second kappa shape index (κ2) is 9.69. The van der Waals surface area contributed by atoms with Crippen molar-refractivity contribution in [3.05, 3.63) is 58.8 Å². The molecule has 7 nitrogen and oxygen atoms in total. The van der Waals surface area contributed by atoms with Crippen LogP contribution in [0.25, 0.3) is 0 Å². The van der Waals surface area contributed by atoms with E-state index in [1.165, 1.54) is 5.56 Å². The van der Waals surface area contributed by atoms with Crippen LogP contribution in [-0.2, 0) is 9.53 Å². The van der Waals surface area contributed by atoms with Crippen LogP contribution in [0.3, 0.4) is 0 Å². The van der Waals surface area contributed by atoms with Crippen molar-refractivity contribution in [2.75, 3.05) is 45.1 Å². The smallest absolute Gasteiger partial charge is 0.257 e. The number of nitrogen functional groups attached to an aromatic ring is 1. The predicted octanol–water partition coefficient (Wildman–Crippen LogP) is 2.95. The highest BCUT2D eigenvalue weighted by Gasteiger charge is 2.29. The molecule has 1 atom stereocenters. The third-order valence-corrected chi connectivity index (χ3v) is 6.65. The van der Waals surface area contributed by atoms with Gasteiger partial charge in [0.05, 0.1) is 24.7 Å². The standard InChI is InChI=1S/C25H32N4O3/c1-17-3-5-19(6-4-17)18(2)24(30)28-11-9-20(10-12-28)22-8-7-21(23(26)27-22)25(31)29-13-15-32-16-14-29/h3-8,18,20H,9-16H2,1-2H3,(H2,26,27)/t18-/m0/s1. The highest BCUT2D eigenvalue weighted by Crippen LogP contribution is 2.30. The van der Waals surface area contributed by atoms with E-state index in [0.717, 1.165) is 24.1 Å². The molecule has 0 saturated carbocycles. The summed E-state index contributed by atoms with van der Waals surface area (Å²) in [6, 6.07) is 11.9. The van der Waals surface area contributed by atoms with E-state index >= 15 is 0 Å². The number of carbonyl (C=O) groups is 2. The number of nitrogens with two attached hydrogens (primary N) is 1. The van der Waals surface area contributed by atoms with Crippen molar-refractivity contribution in [1.82, 2.24) is 14.8 Å². The van der Waals surface area contributed by atoms with Crippen LogP contribution in [0.2, 0.25) is 0 Å². The summed E-state index contributed by atoms with van der Waals surface area (Å²) >= 11 is 0. The lowest BCUT2D eigenvalue weighted by Crippen LogP contribution is -2.41. The molecule has 2 aromatic rings. The third-order valence-electron chi connectivity index (χ3n) is 6.65. The van der Waals surface area contributed by atoms with Crippen LogP contribution in [0.4, 0.5) is 5.82 Å². The van der Waals surface area contributed by atoms with Crippen LogP contribution in [0.5, 0.6) is 0 Å². The number of hydrogen-bond donors (Lipinski definition) is 1. The van der Waals surface area contributed by atoms with Crippen molar-refractivity contribution < 1.29 is 14.3 Å². The molecule has 2 saturated heterocycles. The molecule has 1 aromatic heterocycles. The molecule has 0 unspecified atom stereocenters. The van der Waals surface area contributed by atoms with E-state index in [1.54, 1.807) is 11.0 Å². The number of rotatable bonds is 4. The number of hydrogen-bond acceptors (Lipinski definition) is 5. The van der Waals surface area contributed by atoms with Crippen molar-refractivity contribution in [2.45, 2.75) is 38.5 Å². The first-order chi connectivity index (χ1) is 15.4. The molecule has 4 rings (SSSR count). The molecular weight excluding hydrogens is 404 g/mol. The lowest BCUT2D eigenvalue weighted by atomic mass is 9.91. The van der Waals surface area contributed by atoms with Gasteiger partial charge in [0.25, 0.3) is 5.91 Å². The Morgan fingerprint density at radius 2 is 1.66 bits per heavy atom. The van der Waals surface area contributed by atoms with Crippen molar-refractivity contribution in [3.63, 3.8) is 0 Å². The molecular formula is C25H32N4O3. The summed E-state index contributed by atoms with van der Waals surface area (Å²) in [5, 5.41) is 0. The zero-order valence-electron chi connectivity index (χ0n) is 18.9. The zero-order valence-corrected chi connectivity index (χ0v) is 18.9. The molecule has 2 amide bonds. The van der Waals surface area contributed by atoms with Crippen molar-refractivity contribution in [1.29, 1.82) is 0 Å². The SMILES string of the molecule is Cc1ccc([C@H](C)C(=O)N2CCC(c3ccc(C(=O)N4CCOCC4)c(N)n3)CC2)cc1. The average molecular weight is 437 g/mol. The molecule has 2 aliphatic heterocycles. The van der Waals surface area contributed by atoms with Crippen LogP contribution >= 0.6 is 0 Å². The Labute approximate surface area is 189 Å². The normalized spacial score (nSPS) is 18.4. The molecule has 0 bridgehead atoms. The van der Waals surface area contributed by atoms with E-state index < -0.39 is 0 Å². The molecule has 170 valence electrons. The fraction of sp³-hybridized carbons (Fsp3) is 0.480. The van der Waals surface area contributed by atoms with Gasteiger partial charge in [-0.1, -0.05) is 29.8 Å². The highest BCUT2D eigenvalue weighted by molar-refractivity contribution is 5.98. The first-order valence-corrected chi connectivity index (χ1v) is 11.4. The van der Waals surface area contributed by atoms with E-state index in [4.69, 9.17) is 10.5 Å². The van der Waals surface area contributed by atoms with Gasteiger partial charge in [-0.15, -0.1) is 0 Å². The first kappa shape index (κ1) is 22.3. The molecule has 2 fully saturated rings. The Morgan fingerprint density at radius 3 is 2.28 bits per heavy atom. The topological polar surface area (TPSA) is 88.8 Å². The highest BCUT2D eigenvalue weighted by atomic mass is 16.5. The number of ether oxygens (including phenoxy) is 1. The molecule has 0 spiro atoms. The Morgan fingerprint density at radius 1 is 1.00 bits per heavy atom. The summed E-state index contributed by atoms with van der Waals surface area (Å²) in [7, 11) is 0. The van der Waals surface area contributed by atoms with Gasteiger partial charge in [0, 0.05) is 37.8 Å². The van der Waals surface area contributed by atoms with Gasteiger partial charge in [-0.3, -0.25) is 9.59 Å². The van der Waals surface area contributed by atoms with Gasteiger partial charge in [-0.25, -0.2) is 4.98 Å².